The lowest BCUT2D eigenvalue weighted by Crippen LogP contribution is -2.41. The van der Waals surface area contributed by atoms with E-state index < -0.39 is 25.5 Å². The van der Waals surface area contributed by atoms with Crippen molar-refractivity contribution in [3.05, 3.63) is 58.1 Å². The highest BCUT2D eigenvalue weighted by molar-refractivity contribution is 7.92. The molecule has 154 valence electrons. The average Bonchev–Trinajstić information content (AvgIpc) is 2.73. The number of carbonyl (C=O) groups excluding carboxylic acids is 1. The first kappa shape index (κ1) is 20.6. The first-order chi connectivity index (χ1) is 13.8. The molecule has 2 aromatic rings. The zero-order valence-electron chi connectivity index (χ0n) is 15.5. The summed E-state index contributed by atoms with van der Waals surface area (Å²) in [7, 11) is -3.02. The first-order valence-electron chi connectivity index (χ1n) is 8.65. The number of carbonyl (C=O) groups is 1. The maximum Gasteiger partial charge on any atom is 0.293 e. The van der Waals surface area contributed by atoms with E-state index in [9.17, 15) is 23.3 Å². The van der Waals surface area contributed by atoms with Gasteiger partial charge in [0.25, 0.3) is 21.6 Å². The van der Waals surface area contributed by atoms with Gasteiger partial charge in [0.1, 0.15) is 5.75 Å². The van der Waals surface area contributed by atoms with Crippen LogP contribution < -0.4 is 9.46 Å². The molecule has 1 saturated heterocycles. The summed E-state index contributed by atoms with van der Waals surface area (Å²) in [6.45, 7) is 1.59. The van der Waals surface area contributed by atoms with Crippen LogP contribution >= 0.6 is 0 Å². The minimum absolute atomic E-state index is 0.0362. The standard InChI is InChI=1S/C18H19N3O7S/c1-27-13-6-7-17(16(12-13)21(23)24)29(25,26)19-15-5-3-2-4-14(15)18(22)20-8-10-28-11-9-20/h2-7,12,19H,8-11H2,1H3. The first-order valence-corrected chi connectivity index (χ1v) is 10.1. The van der Waals surface area contributed by atoms with Crippen LogP contribution in [0.5, 0.6) is 5.75 Å². The molecular formula is C18H19N3O7S. The zero-order valence-corrected chi connectivity index (χ0v) is 16.3. The number of para-hydroxylation sites is 1. The van der Waals surface area contributed by atoms with E-state index in [1.807, 2.05) is 0 Å². The Kier molecular flexibility index (Phi) is 5.99. The topological polar surface area (TPSA) is 128 Å². The van der Waals surface area contributed by atoms with Crippen molar-refractivity contribution in [2.45, 2.75) is 4.90 Å². The van der Waals surface area contributed by atoms with Crippen LogP contribution in [0.3, 0.4) is 0 Å². The van der Waals surface area contributed by atoms with Gasteiger partial charge >= 0.3 is 0 Å². The number of nitrogens with one attached hydrogen (secondary N) is 1. The van der Waals surface area contributed by atoms with Crippen LogP contribution in [0.1, 0.15) is 10.4 Å². The minimum Gasteiger partial charge on any atom is -0.497 e. The van der Waals surface area contributed by atoms with Crippen molar-refractivity contribution in [1.82, 2.24) is 4.90 Å². The van der Waals surface area contributed by atoms with Gasteiger partial charge in [-0.3, -0.25) is 19.6 Å². The Bertz CT molecular complexity index is 1030. The number of hydrogen-bond donors (Lipinski definition) is 1. The predicted octanol–water partition coefficient (Wildman–Crippen LogP) is 1.88. The number of methoxy groups -OCH3 is 1. The number of anilines is 1. The number of morpholine rings is 1. The van der Waals surface area contributed by atoms with E-state index in [-0.39, 0.29) is 22.9 Å². The molecule has 0 aromatic heterocycles. The van der Waals surface area contributed by atoms with E-state index in [4.69, 9.17) is 9.47 Å². The Labute approximate surface area is 167 Å². The highest BCUT2D eigenvalue weighted by Crippen LogP contribution is 2.30. The second-order valence-electron chi connectivity index (χ2n) is 6.15. The van der Waals surface area contributed by atoms with E-state index in [0.717, 1.165) is 12.1 Å². The average molecular weight is 421 g/mol. The molecule has 0 atom stereocenters. The summed E-state index contributed by atoms with van der Waals surface area (Å²) in [6, 6.07) is 9.54. The van der Waals surface area contributed by atoms with Crippen LogP contribution in [0.4, 0.5) is 11.4 Å². The smallest absolute Gasteiger partial charge is 0.293 e. The molecule has 1 fully saturated rings. The van der Waals surface area contributed by atoms with Crippen molar-refractivity contribution in [3.8, 4) is 5.75 Å². The van der Waals surface area contributed by atoms with Crippen LogP contribution in [-0.2, 0) is 14.8 Å². The Morgan fingerprint density at radius 1 is 1.21 bits per heavy atom. The lowest BCUT2D eigenvalue weighted by molar-refractivity contribution is -0.387. The lowest BCUT2D eigenvalue weighted by atomic mass is 10.1. The fraction of sp³-hybridized carbons (Fsp3) is 0.278. The molecule has 0 unspecified atom stereocenters. The molecule has 2 aromatic carbocycles. The molecule has 10 nitrogen and oxygen atoms in total. The fourth-order valence-electron chi connectivity index (χ4n) is 2.89. The molecule has 1 aliphatic heterocycles. The van der Waals surface area contributed by atoms with Gasteiger partial charge in [-0.15, -0.1) is 0 Å². The largest absolute Gasteiger partial charge is 0.497 e. The van der Waals surface area contributed by atoms with Crippen molar-refractivity contribution < 1.29 is 27.6 Å². The number of ether oxygens (including phenoxy) is 2. The Morgan fingerprint density at radius 2 is 1.90 bits per heavy atom. The van der Waals surface area contributed by atoms with Crippen molar-refractivity contribution in [2.24, 2.45) is 0 Å². The molecule has 0 saturated carbocycles. The zero-order chi connectivity index (χ0) is 21.0. The molecule has 1 heterocycles. The molecule has 1 aliphatic rings. The highest BCUT2D eigenvalue weighted by atomic mass is 32.2. The molecule has 1 amide bonds. The molecular weight excluding hydrogens is 402 g/mol. The van der Waals surface area contributed by atoms with Gasteiger partial charge < -0.3 is 14.4 Å². The van der Waals surface area contributed by atoms with Crippen molar-refractivity contribution >= 4 is 27.3 Å². The molecule has 1 N–H and O–H groups in total. The summed E-state index contributed by atoms with van der Waals surface area (Å²) in [5.41, 5.74) is -0.447. The Balaban J connectivity index is 1.96. The van der Waals surface area contributed by atoms with Gasteiger partial charge in [0.2, 0.25) is 0 Å². The number of sulfonamides is 1. The quantitative estimate of drug-likeness (QED) is 0.557. The van der Waals surface area contributed by atoms with Crippen LogP contribution in [0.15, 0.2) is 47.4 Å². The van der Waals surface area contributed by atoms with Crippen molar-refractivity contribution in [3.63, 3.8) is 0 Å². The van der Waals surface area contributed by atoms with E-state index in [2.05, 4.69) is 4.72 Å². The van der Waals surface area contributed by atoms with Gasteiger partial charge in [-0.05, 0) is 24.3 Å². The predicted molar refractivity (Wildman–Crippen MR) is 104 cm³/mol. The van der Waals surface area contributed by atoms with E-state index in [1.54, 1.807) is 17.0 Å². The van der Waals surface area contributed by atoms with Gasteiger partial charge in [0.15, 0.2) is 4.90 Å². The van der Waals surface area contributed by atoms with E-state index in [0.29, 0.717) is 26.3 Å². The fourth-order valence-corrected chi connectivity index (χ4v) is 4.12. The van der Waals surface area contributed by atoms with Gasteiger partial charge in [0.05, 0.1) is 42.6 Å². The summed E-state index contributed by atoms with van der Waals surface area (Å²) < 4.78 is 38.2. The number of nitro benzene ring substituents is 1. The number of hydrogen-bond acceptors (Lipinski definition) is 7. The molecule has 11 heteroatoms. The third-order valence-corrected chi connectivity index (χ3v) is 5.77. The Hall–Kier alpha value is -3.18. The highest BCUT2D eigenvalue weighted by Gasteiger charge is 2.29. The number of nitro groups is 1. The van der Waals surface area contributed by atoms with Crippen LogP contribution in [-0.4, -0.2) is 57.6 Å². The second kappa shape index (κ2) is 8.45. The maximum atomic E-state index is 12.9. The Morgan fingerprint density at radius 3 is 2.55 bits per heavy atom. The molecule has 0 bridgehead atoms. The number of rotatable bonds is 6. The monoisotopic (exact) mass is 421 g/mol. The molecule has 29 heavy (non-hydrogen) atoms. The van der Waals surface area contributed by atoms with E-state index in [1.165, 1.54) is 25.3 Å². The van der Waals surface area contributed by atoms with Crippen molar-refractivity contribution in [2.75, 3.05) is 38.1 Å². The summed E-state index contributed by atoms with van der Waals surface area (Å²) in [5, 5.41) is 11.4. The normalized spacial score (nSPS) is 14.3. The number of amides is 1. The lowest BCUT2D eigenvalue weighted by Gasteiger charge is -2.27. The molecule has 0 spiro atoms. The third kappa shape index (κ3) is 4.46. The summed E-state index contributed by atoms with van der Waals surface area (Å²) >= 11 is 0. The van der Waals surface area contributed by atoms with E-state index >= 15 is 0 Å². The van der Waals surface area contributed by atoms with Gasteiger partial charge in [-0.2, -0.15) is 0 Å². The summed E-state index contributed by atoms with van der Waals surface area (Å²) in [5.74, 6) is -0.200. The van der Waals surface area contributed by atoms with Crippen LogP contribution in [0, 0.1) is 10.1 Å². The summed E-state index contributed by atoms with van der Waals surface area (Å²) in [4.78, 5) is 24.4. The number of benzene rings is 2. The third-order valence-electron chi connectivity index (χ3n) is 4.35. The van der Waals surface area contributed by atoms with Gasteiger partial charge in [-0.1, -0.05) is 12.1 Å². The SMILES string of the molecule is COc1ccc(S(=O)(=O)Nc2ccccc2C(=O)N2CCOCC2)c([N+](=O)[O-])c1. The molecule has 0 aliphatic carbocycles. The van der Waals surface area contributed by atoms with Crippen LogP contribution in [0.25, 0.3) is 0 Å². The second-order valence-corrected chi connectivity index (χ2v) is 7.80. The maximum absolute atomic E-state index is 12.9. The van der Waals surface area contributed by atoms with Gasteiger partial charge in [0, 0.05) is 13.1 Å². The van der Waals surface area contributed by atoms with Crippen molar-refractivity contribution in [1.29, 1.82) is 0 Å². The minimum atomic E-state index is -4.34. The number of nitrogens with zero attached hydrogens (tertiary/aromatic N) is 2. The molecule has 0 radical (unpaired) electrons. The van der Waals surface area contributed by atoms with Crippen LogP contribution in [0.2, 0.25) is 0 Å². The van der Waals surface area contributed by atoms with Gasteiger partial charge in [-0.25, -0.2) is 8.42 Å². The molecule has 3 rings (SSSR count). The summed E-state index contributed by atoms with van der Waals surface area (Å²) in [6.07, 6.45) is 0.